The van der Waals surface area contributed by atoms with E-state index in [1.165, 1.54) is 0 Å². The zero-order valence-corrected chi connectivity index (χ0v) is 10.5. The summed E-state index contributed by atoms with van der Waals surface area (Å²) in [5, 5.41) is 13.7. The van der Waals surface area contributed by atoms with E-state index >= 15 is 0 Å². The van der Waals surface area contributed by atoms with E-state index in [1.807, 2.05) is 44.2 Å². The smallest absolute Gasteiger partial charge is 0.405 e. The average molecular weight is 250 g/mol. The number of amides is 2. The van der Waals surface area contributed by atoms with Gasteiger partial charge in [-0.3, -0.25) is 4.79 Å². The Balaban J connectivity index is 2.72. The topological polar surface area (TPSA) is 78.4 Å². The van der Waals surface area contributed by atoms with Crippen LogP contribution in [-0.4, -0.2) is 29.2 Å². The number of carbonyl (C=O) groups is 2. The standard InChI is InChI=1S/C13H18N2O3/c1-9(2)14-12(16)11(15-13(17)18)8-10-6-4-3-5-7-10/h3-7,9,11,15H,8H2,1-2H3,(H,14,16)(H,17,18). The van der Waals surface area contributed by atoms with E-state index in [9.17, 15) is 9.59 Å². The van der Waals surface area contributed by atoms with Crippen molar-refractivity contribution in [2.75, 3.05) is 0 Å². The molecular weight excluding hydrogens is 232 g/mol. The third-order valence-corrected chi connectivity index (χ3v) is 2.33. The van der Waals surface area contributed by atoms with Gasteiger partial charge in [0, 0.05) is 12.5 Å². The fraction of sp³-hybridized carbons (Fsp3) is 0.385. The average Bonchev–Trinajstić information content (AvgIpc) is 2.28. The Hall–Kier alpha value is -2.04. The maximum atomic E-state index is 11.9. The van der Waals surface area contributed by atoms with Crippen LogP contribution in [-0.2, 0) is 11.2 Å². The van der Waals surface area contributed by atoms with Crippen LogP contribution in [0.1, 0.15) is 19.4 Å². The van der Waals surface area contributed by atoms with Crippen molar-refractivity contribution in [2.24, 2.45) is 0 Å². The van der Waals surface area contributed by atoms with Gasteiger partial charge in [0.15, 0.2) is 0 Å². The van der Waals surface area contributed by atoms with E-state index in [4.69, 9.17) is 5.11 Å². The second kappa shape index (κ2) is 6.64. The first-order valence-corrected chi connectivity index (χ1v) is 5.83. The molecule has 0 aromatic heterocycles. The third-order valence-electron chi connectivity index (χ3n) is 2.33. The van der Waals surface area contributed by atoms with Crippen molar-refractivity contribution in [1.29, 1.82) is 0 Å². The fourth-order valence-corrected chi connectivity index (χ4v) is 1.59. The van der Waals surface area contributed by atoms with Gasteiger partial charge in [-0.05, 0) is 19.4 Å². The van der Waals surface area contributed by atoms with Crippen LogP contribution in [0.3, 0.4) is 0 Å². The summed E-state index contributed by atoms with van der Waals surface area (Å²) >= 11 is 0. The molecule has 0 aliphatic carbocycles. The highest BCUT2D eigenvalue weighted by atomic mass is 16.4. The van der Waals surface area contributed by atoms with Crippen LogP contribution in [0.5, 0.6) is 0 Å². The van der Waals surface area contributed by atoms with E-state index in [1.54, 1.807) is 0 Å². The van der Waals surface area contributed by atoms with Gasteiger partial charge < -0.3 is 15.7 Å². The highest BCUT2D eigenvalue weighted by Crippen LogP contribution is 2.03. The summed E-state index contributed by atoms with van der Waals surface area (Å²) in [5.74, 6) is -0.309. The molecular formula is C13H18N2O3. The van der Waals surface area contributed by atoms with Gasteiger partial charge in [-0.2, -0.15) is 0 Å². The SMILES string of the molecule is CC(C)NC(=O)C(Cc1ccccc1)NC(=O)O. The van der Waals surface area contributed by atoms with E-state index in [0.29, 0.717) is 6.42 Å². The van der Waals surface area contributed by atoms with Crippen molar-refractivity contribution in [2.45, 2.75) is 32.4 Å². The van der Waals surface area contributed by atoms with Crippen LogP contribution in [0, 0.1) is 0 Å². The minimum absolute atomic E-state index is 0.0219. The summed E-state index contributed by atoms with van der Waals surface area (Å²) < 4.78 is 0. The molecule has 2 amide bonds. The van der Waals surface area contributed by atoms with Gasteiger partial charge in [-0.1, -0.05) is 30.3 Å². The van der Waals surface area contributed by atoms with Gasteiger partial charge in [0.05, 0.1) is 0 Å². The number of nitrogens with one attached hydrogen (secondary N) is 2. The van der Waals surface area contributed by atoms with Gasteiger partial charge in [0.2, 0.25) is 5.91 Å². The van der Waals surface area contributed by atoms with Crippen molar-refractivity contribution in [3.63, 3.8) is 0 Å². The maximum Gasteiger partial charge on any atom is 0.405 e. The van der Waals surface area contributed by atoms with E-state index in [-0.39, 0.29) is 11.9 Å². The predicted molar refractivity (Wildman–Crippen MR) is 68.4 cm³/mol. The lowest BCUT2D eigenvalue weighted by Crippen LogP contribution is -2.49. The van der Waals surface area contributed by atoms with Crippen molar-refractivity contribution >= 4 is 12.0 Å². The molecule has 1 aromatic rings. The lowest BCUT2D eigenvalue weighted by atomic mass is 10.1. The van der Waals surface area contributed by atoms with Gasteiger partial charge in [-0.25, -0.2) is 4.79 Å². The van der Waals surface area contributed by atoms with Gasteiger partial charge >= 0.3 is 6.09 Å². The summed E-state index contributed by atoms with van der Waals surface area (Å²) in [7, 11) is 0. The molecule has 5 nitrogen and oxygen atoms in total. The van der Waals surface area contributed by atoms with Crippen LogP contribution in [0.15, 0.2) is 30.3 Å². The fourth-order valence-electron chi connectivity index (χ4n) is 1.59. The Morgan fingerprint density at radius 1 is 1.17 bits per heavy atom. The quantitative estimate of drug-likeness (QED) is 0.739. The first-order valence-electron chi connectivity index (χ1n) is 5.83. The second-order valence-electron chi connectivity index (χ2n) is 4.36. The van der Waals surface area contributed by atoms with Crippen molar-refractivity contribution < 1.29 is 14.7 Å². The molecule has 0 bridgehead atoms. The van der Waals surface area contributed by atoms with Crippen LogP contribution in [0.25, 0.3) is 0 Å². The lowest BCUT2D eigenvalue weighted by molar-refractivity contribution is -0.123. The predicted octanol–water partition coefficient (Wildman–Crippen LogP) is 1.39. The van der Waals surface area contributed by atoms with Crippen molar-refractivity contribution in [3.05, 3.63) is 35.9 Å². The largest absolute Gasteiger partial charge is 0.465 e. The minimum Gasteiger partial charge on any atom is -0.465 e. The van der Waals surface area contributed by atoms with E-state index in [0.717, 1.165) is 5.56 Å². The molecule has 0 radical (unpaired) electrons. The van der Waals surface area contributed by atoms with Crippen molar-refractivity contribution in [3.8, 4) is 0 Å². The number of rotatable bonds is 5. The maximum absolute atomic E-state index is 11.9. The Labute approximate surface area is 106 Å². The molecule has 1 unspecified atom stereocenters. The molecule has 5 heteroatoms. The first kappa shape index (κ1) is 14.0. The lowest BCUT2D eigenvalue weighted by Gasteiger charge is -2.18. The highest BCUT2D eigenvalue weighted by molar-refractivity contribution is 5.85. The molecule has 0 saturated heterocycles. The highest BCUT2D eigenvalue weighted by Gasteiger charge is 2.21. The number of hydrogen-bond donors (Lipinski definition) is 3. The number of hydrogen-bond acceptors (Lipinski definition) is 2. The molecule has 1 rings (SSSR count). The molecule has 0 saturated carbocycles. The summed E-state index contributed by atoms with van der Waals surface area (Å²) in [4.78, 5) is 22.6. The molecule has 3 N–H and O–H groups in total. The minimum atomic E-state index is -1.20. The van der Waals surface area contributed by atoms with Gasteiger partial charge in [-0.15, -0.1) is 0 Å². The zero-order valence-electron chi connectivity index (χ0n) is 10.5. The normalized spacial score (nSPS) is 11.9. The zero-order chi connectivity index (χ0) is 13.5. The first-order chi connectivity index (χ1) is 8.49. The summed E-state index contributed by atoms with van der Waals surface area (Å²) in [6, 6.07) is 8.51. The van der Waals surface area contributed by atoms with E-state index in [2.05, 4.69) is 10.6 Å². The molecule has 1 atom stereocenters. The molecule has 0 heterocycles. The molecule has 0 aliphatic heterocycles. The number of carboxylic acid groups (broad SMARTS) is 1. The van der Waals surface area contributed by atoms with Crippen LogP contribution < -0.4 is 10.6 Å². The molecule has 0 fully saturated rings. The van der Waals surface area contributed by atoms with Crippen LogP contribution in [0.4, 0.5) is 4.79 Å². The summed E-state index contributed by atoms with van der Waals surface area (Å²) in [5.41, 5.74) is 0.912. The third kappa shape index (κ3) is 4.86. The van der Waals surface area contributed by atoms with Gasteiger partial charge in [0.25, 0.3) is 0 Å². The Bertz CT molecular complexity index is 404. The Morgan fingerprint density at radius 2 is 1.78 bits per heavy atom. The van der Waals surface area contributed by atoms with Crippen LogP contribution in [0.2, 0.25) is 0 Å². The number of benzene rings is 1. The summed E-state index contributed by atoms with van der Waals surface area (Å²) in [6.45, 7) is 3.66. The molecule has 0 aliphatic rings. The number of carbonyl (C=O) groups excluding carboxylic acids is 1. The van der Waals surface area contributed by atoms with Crippen molar-refractivity contribution in [1.82, 2.24) is 10.6 Å². The Morgan fingerprint density at radius 3 is 2.28 bits per heavy atom. The monoisotopic (exact) mass is 250 g/mol. The Kier molecular flexibility index (Phi) is 5.17. The molecule has 98 valence electrons. The molecule has 1 aromatic carbocycles. The summed E-state index contributed by atoms with van der Waals surface area (Å²) in [6.07, 6.45) is -0.860. The molecule has 18 heavy (non-hydrogen) atoms. The van der Waals surface area contributed by atoms with E-state index < -0.39 is 12.1 Å². The van der Waals surface area contributed by atoms with Gasteiger partial charge in [0.1, 0.15) is 6.04 Å². The van der Waals surface area contributed by atoms with Crippen LogP contribution >= 0.6 is 0 Å². The second-order valence-corrected chi connectivity index (χ2v) is 4.36. The molecule has 0 spiro atoms.